The molecule has 106 valence electrons. The third-order valence-corrected chi connectivity index (χ3v) is 3.04. The zero-order chi connectivity index (χ0) is 14.6. The summed E-state index contributed by atoms with van der Waals surface area (Å²) < 4.78 is 38.6. The summed E-state index contributed by atoms with van der Waals surface area (Å²) in [7, 11) is 0. The first-order valence-corrected chi connectivity index (χ1v) is 6.35. The van der Waals surface area contributed by atoms with Crippen LogP contribution in [0.4, 0.5) is 18.9 Å². The molecule has 0 radical (unpaired) electrons. The van der Waals surface area contributed by atoms with E-state index < -0.39 is 11.7 Å². The highest BCUT2D eigenvalue weighted by molar-refractivity contribution is 5.52. The van der Waals surface area contributed by atoms with Crippen LogP contribution in [-0.2, 0) is 19.1 Å². The largest absolute Gasteiger partial charge is 0.418 e. The number of aromatic nitrogens is 1. The number of nitrogens with zero attached hydrogens (tertiary/aromatic N) is 1. The third kappa shape index (κ3) is 3.29. The van der Waals surface area contributed by atoms with Crippen molar-refractivity contribution in [3.63, 3.8) is 0 Å². The Hall–Kier alpha value is -2.04. The number of rotatable bonds is 4. The molecule has 1 aromatic carbocycles. The monoisotopic (exact) mass is 280 g/mol. The van der Waals surface area contributed by atoms with E-state index in [-0.39, 0.29) is 12.2 Å². The molecule has 1 heterocycles. The lowest BCUT2D eigenvalue weighted by Gasteiger charge is -2.15. The van der Waals surface area contributed by atoms with Crippen molar-refractivity contribution < 1.29 is 13.2 Å². The minimum absolute atomic E-state index is 0.0766. The molecule has 0 fully saturated rings. The highest BCUT2D eigenvalue weighted by Crippen LogP contribution is 2.34. The Kier molecular flexibility index (Phi) is 4.27. The van der Waals surface area contributed by atoms with Gasteiger partial charge in [-0.2, -0.15) is 13.2 Å². The summed E-state index contributed by atoms with van der Waals surface area (Å²) >= 11 is 0. The summed E-state index contributed by atoms with van der Waals surface area (Å²) in [6.45, 7) is 2.27. The van der Waals surface area contributed by atoms with Gasteiger partial charge in [-0.1, -0.05) is 25.1 Å². The predicted octanol–water partition coefficient (Wildman–Crippen LogP) is 4.27. The molecule has 0 amide bonds. The Morgan fingerprint density at radius 1 is 1.10 bits per heavy atom. The van der Waals surface area contributed by atoms with Crippen LogP contribution in [0.25, 0.3) is 0 Å². The van der Waals surface area contributed by atoms with E-state index >= 15 is 0 Å². The van der Waals surface area contributed by atoms with Crippen LogP contribution < -0.4 is 5.32 Å². The molecule has 0 saturated heterocycles. The van der Waals surface area contributed by atoms with Gasteiger partial charge >= 0.3 is 6.18 Å². The molecule has 0 aliphatic carbocycles. The summed E-state index contributed by atoms with van der Waals surface area (Å²) in [4.78, 5) is 4.21. The van der Waals surface area contributed by atoms with Crippen molar-refractivity contribution in [3.05, 3.63) is 59.4 Å². The van der Waals surface area contributed by atoms with Crippen LogP contribution in [0.1, 0.15) is 23.7 Å². The number of halogens is 3. The van der Waals surface area contributed by atoms with E-state index in [0.29, 0.717) is 0 Å². The lowest BCUT2D eigenvalue weighted by atomic mass is 10.1. The summed E-state index contributed by atoms with van der Waals surface area (Å²) in [5.41, 5.74) is 1.22. The lowest BCUT2D eigenvalue weighted by Crippen LogP contribution is -2.11. The normalized spacial score (nSPS) is 11.4. The first-order chi connectivity index (χ1) is 9.52. The zero-order valence-electron chi connectivity index (χ0n) is 11.0. The van der Waals surface area contributed by atoms with Crippen LogP contribution in [0.5, 0.6) is 0 Å². The van der Waals surface area contributed by atoms with Crippen LogP contribution in [0.3, 0.4) is 0 Å². The second-order valence-corrected chi connectivity index (χ2v) is 4.36. The molecular weight excluding hydrogens is 265 g/mol. The van der Waals surface area contributed by atoms with Crippen molar-refractivity contribution in [1.29, 1.82) is 0 Å². The molecule has 0 unspecified atom stereocenters. The molecule has 20 heavy (non-hydrogen) atoms. The van der Waals surface area contributed by atoms with Gasteiger partial charge < -0.3 is 5.32 Å². The molecular formula is C15H15F3N2. The van der Waals surface area contributed by atoms with Gasteiger partial charge in [-0.3, -0.25) is 4.98 Å². The standard InChI is InChI=1S/C15H15F3N2/c1-2-11-6-5-9-19-14(11)10-20-13-8-4-3-7-12(13)15(16,17)18/h3-9,20H,2,10H2,1H3. The molecule has 1 aromatic heterocycles. The van der Waals surface area contributed by atoms with E-state index in [1.54, 1.807) is 12.3 Å². The fraction of sp³-hybridized carbons (Fsp3) is 0.267. The van der Waals surface area contributed by atoms with Crippen LogP contribution >= 0.6 is 0 Å². The second kappa shape index (κ2) is 5.94. The fourth-order valence-electron chi connectivity index (χ4n) is 2.02. The highest BCUT2D eigenvalue weighted by Gasteiger charge is 2.33. The molecule has 0 aliphatic heterocycles. The average Bonchev–Trinajstić information content (AvgIpc) is 2.44. The summed E-state index contributed by atoms with van der Waals surface area (Å²) in [6.07, 6.45) is -1.92. The van der Waals surface area contributed by atoms with Gasteiger partial charge in [-0.25, -0.2) is 0 Å². The van der Waals surface area contributed by atoms with Gasteiger partial charge in [-0.05, 0) is 30.2 Å². The SMILES string of the molecule is CCc1cccnc1CNc1ccccc1C(F)(F)F. The lowest BCUT2D eigenvalue weighted by molar-refractivity contribution is -0.136. The maximum Gasteiger partial charge on any atom is 0.418 e. The van der Waals surface area contributed by atoms with Gasteiger partial charge in [0, 0.05) is 11.9 Å². The van der Waals surface area contributed by atoms with Gasteiger partial charge in [-0.15, -0.1) is 0 Å². The van der Waals surface area contributed by atoms with Crippen molar-refractivity contribution in [3.8, 4) is 0 Å². The van der Waals surface area contributed by atoms with Crippen molar-refractivity contribution in [2.75, 3.05) is 5.32 Å². The smallest absolute Gasteiger partial charge is 0.379 e. The highest BCUT2D eigenvalue weighted by atomic mass is 19.4. The van der Waals surface area contributed by atoms with Crippen molar-refractivity contribution >= 4 is 5.69 Å². The maximum absolute atomic E-state index is 12.9. The number of alkyl halides is 3. The molecule has 0 aliphatic rings. The average molecular weight is 280 g/mol. The Morgan fingerprint density at radius 2 is 1.85 bits per heavy atom. The minimum atomic E-state index is -4.36. The Morgan fingerprint density at radius 3 is 2.55 bits per heavy atom. The molecule has 1 N–H and O–H groups in total. The first kappa shape index (κ1) is 14.4. The van der Waals surface area contributed by atoms with Crippen LogP contribution in [-0.4, -0.2) is 4.98 Å². The molecule has 2 rings (SSSR count). The predicted molar refractivity (Wildman–Crippen MR) is 72.4 cm³/mol. The number of nitrogens with one attached hydrogen (secondary N) is 1. The van der Waals surface area contributed by atoms with E-state index in [0.717, 1.165) is 23.7 Å². The van der Waals surface area contributed by atoms with Crippen LogP contribution in [0.15, 0.2) is 42.6 Å². The number of hydrogen-bond donors (Lipinski definition) is 1. The Labute approximate surface area is 115 Å². The topological polar surface area (TPSA) is 24.9 Å². The van der Waals surface area contributed by atoms with E-state index in [1.165, 1.54) is 12.1 Å². The Bertz CT molecular complexity index is 579. The number of hydrogen-bond acceptors (Lipinski definition) is 2. The summed E-state index contributed by atoms with van der Waals surface area (Å²) in [6, 6.07) is 9.22. The number of pyridine rings is 1. The molecule has 0 spiro atoms. The quantitative estimate of drug-likeness (QED) is 0.904. The van der Waals surface area contributed by atoms with Crippen molar-refractivity contribution in [1.82, 2.24) is 4.98 Å². The maximum atomic E-state index is 12.9. The number of aryl methyl sites for hydroxylation is 1. The third-order valence-electron chi connectivity index (χ3n) is 3.04. The molecule has 2 aromatic rings. The van der Waals surface area contributed by atoms with Crippen LogP contribution in [0, 0.1) is 0 Å². The van der Waals surface area contributed by atoms with Crippen molar-refractivity contribution in [2.24, 2.45) is 0 Å². The van der Waals surface area contributed by atoms with Gasteiger partial charge in [0.2, 0.25) is 0 Å². The fourth-order valence-corrected chi connectivity index (χ4v) is 2.02. The molecule has 2 nitrogen and oxygen atoms in total. The van der Waals surface area contributed by atoms with E-state index in [9.17, 15) is 13.2 Å². The number of anilines is 1. The first-order valence-electron chi connectivity index (χ1n) is 6.35. The van der Waals surface area contributed by atoms with E-state index in [1.807, 2.05) is 19.1 Å². The van der Waals surface area contributed by atoms with Crippen LogP contribution in [0.2, 0.25) is 0 Å². The van der Waals surface area contributed by atoms with Crippen molar-refractivity contribution in [2.45, 2.75) is 26.1 Å². The van der Waals surface area contributed by atoms with E-state index in [2.05, 4.69) is 10.3 Å². The summed E-state index contributed by atoms with van der Waals surface area (Å²) in [5, 5.41) is 2.83. The molecule has 5 heteroatoms. The zero-order valence-corrected chi connectivity index (χ0v) is 11.0. The molecule has 0 atom stereocenters. The second-order valence-electron chi connectivity index (χ2n) is 4.36. The van der Waals surface area contributed by atoms with Gasteiger partial charge in [0.1, 0.15) is 0 Å². The van der Waals surface area contributed by atoms with Gasteiger partial charge in [0.15, 0.2) is 0 Å². The summed E-state index contributed by atoms with van der Waals surface area (Å²) in [5.74, 6) is 0. The van der Waals surface area contributed by atoms with Gasteiger partial charge in [0.05, 0.1) is 17.8 Å². The minimum Gasteiger partial charge on any atom is -0.379 e. The molecule has 0 bridgehead atoms. The van der Waals surface area contributed by atoms with E-state index in [4.69, 9.17) is 0 Å². The number of benzene rings is 1. The van der Waals surface area contributed by atoms with Gasteiger partial charge in [0.25, 0.3) is 0 Å². The Balaban J connectivity index is 2.20. The molecule has 0 saturated carbocycles. The number of para-hydroxylation sites is 1.